The van der Waals surface area contributed by atoms with Gasteiger partial charge in [-0.2, -0.15) is 0 Å². The van der Waals surface area contributed by atoms with Gasteiger partial charge in [0.1, 0.15) is 0 Å². The SMILES string of the molecule is CC(=O)[C@@H]1[C@@H]2C(=O)N(c3cc(Cl)ccc3Cl)C(=O)[C@H]2[C@@H]2c3ccccc3C=CN12. The average Bonchev–Trinajstić information content (AvgIpc) is 3.17. The number of anilines is 1. The molecule has 5 rings (SSSR count). The van der Waals surface area contributed by atoms with Gasteiger partial charge in [0.2, 0.25) is 11.8 Å². The summed E-state index contributed by atoms with van der Waals surface area (Å²) in [6, 6.07) is 11.3. The van der Waals surface area contributed by atoms with Gasteiger partial charge < -0.3 is 4.90 Å². The van der Waals surface area contributed by atoms with Gasteiger partial charge in [-0.25, -0.2) is 4.90 Å². The van der Waals surface area contributed by atoms with Gasteiger partial charge >= 0.3 is 0 Å². The second kappa shape index (κ2) is 6.44. The number of nitrogens with zero attached hydrogens (tertiary/aromatic N) is 2. The molecule has 0 N–H and O–H groups in total. The van der Waals surface area contributed by atoms with E-state index in [0.717, 1.165) is 16.0 Å². The number of ketones is 1. The molecule has 0 bridgehead atoms. The van der Waals surface area contributed by atoms with Gasteiger partial charge in [-0.15, -0.1) is 0 Å². The summed E-state index contributed by atoms with van der Waals surface area (Å²) in [6.07, 6.45) is 3.75. The van der Waals surface area contributed by atoms with E-state index in [1.807, 2.05) is 41.4 Å². The number of amides is 2. The van der Waals surface area contributed by atoms with Crippen LogP contribution in [0.2, 0.25) is 10.0 Å². The molecule has 2 fully saturated rings. The molecule has 146 valence electrons. The van der Waals surface area contributed by atoms with E-state index in [1.54, 1.807) is 12.1 Å². The van der Waals surface area contributed by atoms with E-state index in [0.29, 0.717) is 5.02 Å². The van der Waals surface area contributed by atoms with Gasteiger partial charge in [0.15, 0.2) is 5.78 Å². The number of rotatable bonds is 2. The van der Waals surface area contributed by atoms with Crippen LogP contribution < -0.4 is 4.90 Å². The zero-order valence-corrected chi connectivity index (χ0v) is 16.9. The largest absolute Gasteiger partial charge is 0.359 e. The van der Waals surface area contributed by atoms with E-state index >= 15 is 0 Å². The van der Waals surface area contributed by atoms with Crippen molar-refractivity contribution in [3.8, 4) is 0 Å². The molecule has 7 heteroatoms. The van der Waals surface area contributed by atoms with Gasteiger partial charge in [-0.05, 0) is 42.3 Å². The van der Waals surface area contributed by atoms with Crippen LogP contribution in [0.3, 0.4) is 0 Å². The van der Waals surface area contributed by atoms with Crippen molar-refractivity contribution in [2.24, 2.45) is 11.8 Å². The lowest BCUT2D eigenvalue weighted by molar-refractivity contribution is -0.129. The Morgan fingerprint density at radius 2 is 1.72 bits per heavy atom. The van der Waals surface area contributed by atoms with Crippen LogP contribution in [0.5, 0.6) is 0 Å². The molecule has 0 radical (unpaired) electrons. The topological polar surface area (TPSA) is 57.7 Å². The van der Waals surface area contributed by atoms with Crippen LogP contribution in [-0.2, 0) is 14.4 Å². The highest BCUT2D eigenvalue weighted by Crippen LogP contribution is 2.53. The highest BCUT2D eigenvalue weighted by molar-refractivity contribution is 6.38. The molecule has 29 heavy (non-hydrogen) atoms. The van der Waals surface area contributed by atoms with Crippen molar-refractivity contribution in [3.05, 3.63) is 69.8 Å². The lowest BCUT2D eigenvalue weighted by Crippen LogP contribution is -2.43. The first-order chi connectivity index (χ1) is 13.9. The van der Waals surface area contributed by atoms with Crippen molar-refractivity contribution in [1.82, 2.24) is 4.90 Å². The third-order valence-electron chi connectivity index (χ3n) is 6.03. The summed E-state index contributed by atoms with van der Waals surface area (Å²) in [5, 5.41) is 0.633. The standard InChI is InChI=1S/C22H16Cl2N2O3/c1-11(27)19-17-18(20-14-5-3-2-4-12(14)8-9-25(19)20)22(29)26(21(17)28)16-10-13(23)6-7-15(16)24/h2-10,17-20H,1H3/t17-,18-,19-,20+/m1/s1. The molecule has 2 saturated heterocycles. The fourth-order valence-electron chi connectivity index (χ4n) is 4.92. The summed E-state index contributed by atoms with van der Waals surface area (Å²) in [5.74, 6) is -2.35. The highest BCUT2D eigenvalue weighted by Gasteiger charge is 2.64. The molecule has 0 unspecified atom stereocenters. The minimum atomic E-state index is -0.768. The zero-order valence-electron chi connectivity index (χ0n) is 15.4. The summed E-state index contributed by atoms with van der Waals surface area (Å²) in [6.45, 7) is 1.46. The van der Waals surface area contributed by atoms with Crippen LogP contribution in [0, 0.1) is 11.8 Å². The van der Waals surface area contributed by atoms with Crippen LogP contribution in [0.15, 0.2) is 48.7 Å². The van der Waals surface area contributed by atoms with Crippen molar-refractivity contribution in [2.75, 3.05) is 4.90 Å². The second-order valence-corrected chi connectivity index (χ2v) is 8.40. The van der Waals surface area contributed by atoms with Crippen molar-refractivity contribution in [1.29, 1.82) is 0 Å². The maximum Gasteiger partial charge on any atom is 0.240 e. The van der Waals surface area contributed by atoms with Gasteiger partial charge in [0.05, 0.1) is 34.6 Å². The highest BCUT2D eigenvalue weighted by atomic mass is 35.5. The number of benzene rings is 2. The normalized spacial score (nSPS) is 27.1. The van der Waals surface area contributed by atoms with Gasteiger partial charge in [0.25, 0.3) is 0 Å². The Bertz CT molecular complexity index is 1110. The predicted molar refractivity (Wildman–Crippen MR) is 110 cm³/mol. The lowest BCUT2D eigenvalue weighted by atomic mass is 9.84. The molecular formula is C22H16Cl2N2O3. The number of fused-ring (bicyclic) bond motifs is 5. The van der Waals surface area contributed by atoms with E-state index in [9.17, 15) is 14.4 Å². The molecule has 3 aliphatic heterocycles. The number of hydrogen-bond donors (Lipinski definition) is 0. The second-order valence-electron chi connectivity index (χ2n) is 7.55. The summed E-state index contributed by atoms with van der Waals surface area (Å²) in [4.78, 5) is 42.5. The minimum Gasteiger partial charge on any atom is -0.359 e. The third-order valence-corrected chi connectivity index (χ3v) is 6.58. The third kappa shape index (κ3) is 2.51. The van der Waals surface area contributed by atoms with Gasteiger partial charge in [0, 0.05) is 11.2 Å². The molecule has 3 heterocycles. The lowest BCUT2D eigenvalue weighted by Gasteiger charge is -2.35. The molecule has 2 amide bonds. The van der Waals surface area contributed by atoms with Crippen LogP contribution in [0.1, 0.15) is 24.1 Å². The van der Waals surface area contributed by atoms with Crippen molar-refractivity contribution in [2.45, 2.75) is 19.0 Å². The molecular weight excluding hydrogens is 411 g/mol. The van der Waals surface area contributed by atoms with Crippen LogP contribution >= 0.6 is 23.2 Å². The quantitative estimate of drug-likeness (QED) is 0.678. The minimum absolute atomic E-state index is 0.147. The number of imide groups is 1. The molecule has 0 aliphatic carbocycles. The molecule has 2 aromatic rings. The molecule has 4 atom stereocenters. The predicted octanol–water partition coefficient (Wildman–Crippen LogP) is 4.10. The Labute approximate surface area is 177 Å². The van der Waals surface area contributed by atoms with Gasteiger partial charge in [-0.1, -0.05) is 47.5 Å². The van der Waals surface area contributed by atoms with E-state index in [4.69, 9.17) is 23.2 Å². The first-order valence-corrected chi connectivity index (χ1v) is 10.0. The van der Waals surface area contributed by atoms with Crippen LogP contribution in [-0.4, -0.2) is 28.5 Å². The fourth-order valence-corrected chi connectivity index (χ4v) is 5.28. The number of halogens is 2. The first-order valence-electron chi connectivity index (χ1n) is 9.28. The Hall–Kier alpha value is -2.63. The van der Waals surface area contributed by atoms with Crippen molar-refractivity contribution < 1.29 is 14.4 Å². The number of carbonyl (C=O) groups excluding carboxylic acids is 3. The Morgan fingerprint density at radius 1 is 1.00 bits per heavy atom. The summed E-state index contributed by atoms with van der Waals surface area (Å²) in [5.41, 5.74) is 2.18. The average molecular weight is 427 g/mol. The van der Waals surface area contributed by atoms with Gasteiger partial charge in [-0.3, -0.25) is 14.4 Å². The van der Waals surface area contributed by atoms with E-state index in [1.165, 1.54) is 13.0 Å². The molecule has 0 aromatic heterocycles. The fraction of sp³-hybridized carbons (Fsp3) is 0.227. The first kappa shape index (κ1) is 18.4. The molecule has 5 nitrogen and oxygen atoms in total. The smallest absolute Gasteiger partial charge is 0.240 e. The Morgan fingerprint density at radius 3 is 2.48 bits per heavy atom. The Kier molecular flexibility index (Phi) is 4.09. The monoisotopic (exact) mass is 426 g/mol. The number of carbonyl (C=O) groups is 3. The Balaban J connectivity index is 1.67. The van der Waals surface area contributed by atoms with Crippen LogP contribution in [0.25, 0.3) is 6.08 Å². The maximum atomic E-state index is 13.5. The van der Waals surface area contributed by atoms with Crippen LogP contribution in [0.4, 0.5) is 5.69 Å². The zero-order chi connectivity index (χ0) is 20.4. The number of Topliss-reactive ketones (excluding diaryl/α,β-unsaturated/α-hetero) is 1. The van der Waals surface area contributed by atoms with Crippen molar-refractivity contribution in [3.63, 3.8) is 0 Å². The summed E-state index contributed by atoms with van der Waals surface area (Å²) < 4.78 is 0. The summed E-state index contributed by atoms with van der Waals surface area (Å²) in [7, 11) is 0. The van der Waals surface area contributed by atoms with Crippen molar-refractivity contribution >= 4 is 52.6 Å². The number of hydrogen-bond acceptors (Lipinski definition) is 4. The van der Waals surface area contributed by atoms with E-state index in [2.05, 4.69) is 0 Å². The van der Waals surface area contributed by atoms with E-state index in [-0.39, 0.29) is 28.4 Å². The molecule has 2 aromatic carbocycles. The maximum absolute atomic E-state index is 13.5. The molecule has 3 aliphatic rings. The molecule has 0 saturated carbocycles. The summed E-state index contributed by atoms with van der Waals surface area (Å²) >= 11 is 12.4. The van der Waals surface area contributed by atoms with E-state index < -0.39 is 23.8 Å². The molecule has 0 spiro atoms.